The molecule has 1 aromatic carbocycles. The maximum absolute atomic E-state index is 13.5. The van der Waals surface area contributed by atoms with Crippen molar-refractivity contribution in [2.24, 2.45) is 0 Å². The van der Waals surface area contributed by atoms with Gasteiger partial charge in [0, 0.05) is 17.6 Å². The first-order chi connectivity index (χ1) is 8.04. The van der Waals surface area contributed by atoms with Gasteiger partial charge in [-0.15, -0.1) is 0 Å². The van der Waals surface area contributed by atoms with E-state index in [9.17, 15) is 9.50 Å². The Bertz CT molecular complexity index is 422. The number of aliphatic hydroxyl groups is 1. The lowest BCUT2D eigenvalue weighted by Crippen LogP contribution is -2.44. The molecule has 2 N–H and O–H groups in total. The first-order valence-corrected chi connectivity index (χ1v) is 5.59. The van der Waals surface area contributed by atoms with Crippen molar-refractivity contribution in [2.45, 2.75) is 32.4 Å². The summed E-state index contributed by atoms with van der Waals surface area (Å²) in [5, 5.41) is 21.1. The van der Waals surface area contributed by atoms with Gasteiger partial charge in [0.1, 0.15) is 5.82 Å². The van der Waals surface area contributed by atoms with Crippen LogP contribution in [0.1, 0.15) is 31.4 Å². The summed E-state index contributed by atoms with van der Waals surface area (Å²) >= 11 is 0. The second kappa shape index (κ2) is 5.76. The molecule has 0 aliphatic carbocycles. The lowest BCUT2D eigenvalue weighted by Gasteiger charge is -2.27. The fourth-order valence-corrected chi connectivity index (χ4v) is 1.38. The smallest absolute Gasteiger partial charge is 0.127 e. The topological polar surface area (TPSA) is 56.0 Å². The number of nitrogens with one attached hydrogen (secondary N) is 1. The zero-order valence-electron chi connectivity index (χ0n) is 10.1. The number of benzene rings is 1. The molecule has 0 aliphatic rings. The predicted octanol–water partition coefficient (Wildman–Crippen LogP) is 1.95. The number of hydrogen-bond acceptors (Lipinski definition) is 3. The van der Waals surface area contributed by atoms with Crippen molar-refractivity contribution < 1.29 is 9.50 Å². The van der Waals surface area contributed by atoms with Gasteiger partial charge in [-0.1, -0.05) is 6.92 Å². The van der Waals surface area contributed by atoms with Crippen LogP contribution in [0, 0.1) is 17.1 Å². The van der Waals surface area contributed by atoms with E-state index in [2.05, 4.69) is 5.32 Å². The van der Waals surface area contributed by atoms with E-state index < -0.39 is 5.54 Å². The minimum absolute atomic E-state index is 0.0109. The first-order valence-electron chi connectivity index (χ1n) is 5.59. The highest BCUT2D eigenvalue weighted by Crippen LogP contribution is 2.13. The third kappa shape index (κ3) is 3.52. The molecule has 1 aromatic rings. The standard InChI is InChI=1S/C13H17FN2O/c1-3-13(2,9-17)16-8-11-6-10(7-15)4-5-12(11)14/h4-6,16-17H,3,8-9H2,1-2H3. The second-order valence-corrected chi connectivity index (χ2v) is 4.34. The highest BCUT2D eigenvalue weighted by atomic mass is 19.1. The van der Waals surface area contributed by atoms with Crippen LogP contribution in [0.15, 0.2) is 18.2 Å². The van der Waals surface area contributed by atoms with Gasteiger partial charge in [-0.2, -0.15) is 5.26 Å². The highest BCUT2D eigenvalue weighted by Gasteiger charge is 2.20. The molecule has 1 unspecified atom stereocenters. The van der Waals surface area contributed by atoms with Crippen molar-refractivity contribution in [3.63, 3.8) is 0 Å². The van der Waals surface area contributed by atoms with Crippen LogP contribution in [0.25, 0.3) is 0 Å². The van der Waals surface area contributed by atoms with Crippen LogP contribution in [0.4, 0.5) is 4.39 Å². The summed E-state index contributed by atoms with van der Waals surface area (Å²) in [4.78, 5) is 0. The van der Waals surface area contributed by atoms with Crippen molar-refractivity contribution in [1.29, 1.82) is 5.26 Å². The number of hydrogen-bond donors (Lipinski definition) is 2. The van der Waals surface area contributed by atoms with E-state index in [1.165, 1.54) is 18.2 Å². The molecule has 1 rings (SSSR count). The Kier molecular flexibility index (Phi) is 4.62. The van der Waals surface area contributed by atoms with Crippen molar-refractivity contribution in [3.8, 4) is 6.07 Å². The lowest BCUT2D eigenvalue weighted by atomic mass is 9.99. The Morgan fingerprint density at radius 2 is 2.24 bits per heavy atom. The zero-order chi connectivity index (χ0) is 12.9. The van der Waals surface area contributed by atoms with Gasteiger partial charge in [0.2, 0.25) is 0 Å². The van der Waals surface area contributed by atoms with Gasteiger partial charge in [0.25, 0.3) is 0 Å². The summed E-state index contributed by atoms with van der Waals surface area (Å²) in [5.74, 6) is -0.340. The van der Waals surface area contributed by atoms with E-state index in [1.807, 2.05) is 19.9 Å². The van der Waals surface area contributed by atoms with Crippen molar-refractivity contribution in [3.05, 3.63) is 35.1 Å². The largest absolute Gasteiger partial charge is 0.394 e. The molecule has 3 nitrogen and oxygen atoms in total. The predicted molar refractivity (Wildman–Crippen MR) is 63.7 cm³/mol. The molecule has 0 amide bonds. The SMILES string of the molecule is CCC(C)(CO)NCc1cc(C#N)ccc1F. The minimum Gasteiger partial charge on any atom is -0.394 e. The molecule has 0 fully saturated rings. The second-order valence-electron chi connectivity index (χ2n) is 4.34. The molecule has 0 aromatic heterocycles. The summed E-state index contributed by atoms with van der Waals surface area (Å²) in [7, 11) is 0. The van der Waals surface area contributed by atoms with Gasteiger partial charge in [-0.3, -0.25) is 0 Å². The van der Waals surface area contributed by atoms with E-state index in [-0.39, 0.29) is 12.4 Å². The van der Waals surface area contributed by atoms with Gasteiger partial charge in [-0.05, 0) is 31.5 Å². The summed E-state index contributed by atoms with van der Waals surface area (Å²) in [6, 6.07) is 6.24. The van der Waals surface area contributed by atoms with Gasteiger partial charge >= 0.3 is 0 Å². The maximum atomic E-state index is 13.5. The Labute approximate surface area is 101 Å². The molecule has 0 aliphatic heterocycles. The van der Waals surface area contributed by atoms with Crippen LogP contribution in [0.5, 0.6) is 0 Å². The van der Waals surface area contributed by atoms with Crippen LogP contribution >= 0.6 is 0 Å². The van der Waals surface area contributed by atoms with E-state index in [4.69, 9.17) is 5.26 Å². The average Bonchev–Trinajstić information content (AvgIpc) is 2.37. The maximum Gasteiger partial charge on any atom is 0.127 e. The summed E-state index contributed by atoms with van der Waals surface area (Å²) < 4.78 is 13.5. The van der Waals surface area contributed by atoms with Gasteiger partial charge in [0.05, 0.1) is 18.2 Å². The fraction of sp³-hybridized carbons (Fsp3) is 0.462. The Morgan fingerprint density at radius 1 is 1.53 bits per heavy atom. The van der Waals surface area contributed by atoms with Crippen LogP contribution in [0.3, 0.4) is 0 Å². The summed E-state index contributed by atoms with van der Waals surface area (Å²) in [5.41, 5.74) is 0.456. The number of nitrogens with zero attached hydrogens (tertiary/aromatic N) is 1. The molecule has 1 atom stereocenters. The molecule has 17 heavy (non-hydrogen) atoms. The molecule has 92 valence electrons. The molecule has 0 saturated heterocycles. The van der Waals surface area contributed by atoms with E-state index in [1.54, 1.807) is 0 Å². The molecule has 4 heteroatoms. The number of rotatable bonds is 5. The molecular weight excluding hydrogens is 219 g/mol. The van der Waals surface area contributed by atoms with Crippen LogP contribution in [-0.4, -0.2) is 17.3 Å². The average molecular weight is 236 g/mol. The fourth-order valence-electron chi connectivity index (χ4n) is 1.38. The lowest BCUT2D eigenvalue weighted by molar-refractivity contribution is 0.168. The highest BCUT2D eigenvalue weighted by molar-refractivity contribution is 5.33. The number of nitriles is 1. The van der Waals surface area contributed by atoms with Crippen LogP contribution in [0.2, 0.25) is 0 Å². The third-order valence-corrected chi connectivity index (χ3v) is 3.01. The monoisotopic (exact) mass is 236 g/mol. The normalized spacial score (nSPS) is 14.1. The van der Waals surface area contributed by atoms with E-state index in [0.29, 0.717) is 17.7 Å². The zero-order valence-corrected chi connectivity index (χ0v) is 10.1. The molecule has 0 radical (unpaired) electrons. The molecule has 0 bridgehead atoms. The first kappa shape index (κ1) is 13.6. The van der Waals surface area contributed by atoms with E-state index in [0.717, 1.165) is 6.42 Å². The molecule has 0 heterocycles. The van der Waals surface area contributed by atoms with Gasteiger partial charge in [-0.25, -0.2) is 4.39 Å². The Morgan fingerprint density at radius 3 is 2.76 bits per heavy atom. The molecule has 0 spiro atoms. The Hall–Kier alpha value is -1.44. The summed E-state index contributed by atoms with van der Waals surface area (Å²) in [6.07, 6.45) is 0.739. The van der Waals surface area contributed by atoms with E-state index >= 15 is 0 Å². The molecular formula is C13H17FN2O. The number of halogens is 1. The molecule has 0 saturated carbocycles. The van der Waals surface area contributed by atoms with Crippen LogP contribution < -0.4 is 5.32 Å². The number of aliphatic hydroxyl groups excluding tert-OH is 1. The van der Waals surface area contributed by atoms with Crippen molar-refractivity contribution >= 4 is 0 Å². The van der Waals surface area contributed by atoms with Gasteiger partial charge < -0.3 is 10.4 Å². The van der Waals surface area contributed by atoms with Crippen LogP contribution in [-0.2, 0) is 6.54 Å². The van der Waals surface area contributed by atoms with Gasteiger partial charge in [0.15, 0.2) is 0 Å². The quantitative estimate of drug-likeness (QED) is 0.821. The summed E-state index contributed by atoms with van der Waals surface area (Å²) in [6.45, 7) is 4.11. The Balaban J connectivity index is 2.79. The van der Waals surface area contributed by atoms with Crippen molar-refractivity contribution in [1.82, 2.24) is 5.32 Å². The third-order valence-electron chi connectivity index (χ3n) is 3.01. The van der Waals surface area contributed by atoms with Crippen molar-refractivity contribution in [2.75, 3.05) is 6.61 Å². The minimum atomic E-state index is -0.422.